The van der Waals surface area contributed by atoms with Gasteiger partial charge in [-0.05, 0) is 55.3 Å². The molecule has 6 nitrogen and oxygen atoms in total. The van der Waals surface area contributed by atoms with E-state index in [9.17, 15) is 19.1 Å². The van der Waals surface area contributed by atoms with Crippen LogP contribution in [-0.2, 0) is 11.2 Å². The molecule has 1 unspecified atom stereocenters. The Kier molecular flexibility index (Phi) is 4.80. The van der Waals surface area contributed by atoms with Crippen molar-refractivity contribution < 1.29 is 27.9 Å². The number of carbonyl (C=O) groups is 2. The number of hydrogen-bond donors (Lipinski definition) is 1. The fourth-order valence-corrected chi connectivity index (χ4v) is 3.45. The number of rotatable bonds is 6. The highest BCUT2D eigenvalue weighted by molar-refractivity contribution is 6.14. The van der Waals surface area contributed by atoms with E-state index < -0.39 is 23.5 Å². The lowest BCUT2D eigenvalue weighted by Crippen LogP contribution is -2.32. The van der Waals surface area contributed by atoms with Crippen molar-refractivity contribution in [3.05, 3.63) is 94.8 Å². The van der Waals surface area contributed by atoms with Crippen molar-refractivity contribution in [1.82, 2.24) is 4.90 Å². The van der Waals surface area contributed by atoms with E-state index in [2.05, 4.69) is 0 Å². The fraction of sp³-hybridized carbons (Fsp3) is 0.182. The van der Waals surface area contributed by atoms with E-state index in [0.717, 1.165) is 5.56 Å². The van der Waals surface area contributed by atoms with Crippen LogP contribution in [0.1, 0.15) is 33.7 Å². The Morgan fingerprint density at radius 2 is 1.93 bits per heavy atom. The van der Waals surface area contributed by atoms with Crippen molar-refractivity contribution in [2.24, 2.45) is 0 Å². The number of aryl methyl sites for hydroxylation is 1. The van der Waals surface area contributed by atoms with Crippen LogP contribution in [-0.4, -0.2) is 28.2 Å². The van der Waals surface area contributed by atoms with Gasteiger partial charge in [-0.25, -0.2) is 4.39 Å². The molecule has 1 N–H and O–H groups in total. The summed E-state index contributed by atoms with van der Waals surface area (Å²) >= 11 is 0. The summed E-state index contributed by atoms with van der Waals surface area (Å²) < 4.78 is 24.0. The maximum atomic E-state index is 13.1. The summed E-state index contributed by atoms with van der Waals surface area (Å²) in [7, 11) is 0. The molecule has 0 radical (unpaired) electrons. The van der Waals surface area contributed by atoms with Crippen LogP contribution in [0.2, 0.25) is 0 Å². The molecule has 7 heteroatoms. The van der Waals surface area contributed by atoms with Crippen molar-refractivity contribution in [1.29, 1.82) is 0 Å². The molecule has 3 heterocycles. The van der Waals surface area contributed by atoms with Gasteiger partial charge in [0.2, 0.25) is 5.78 Å². The van der Waals surface area contributed by atoms with Crippen LogP contribution in [0.4, 0.5) is 4.39 Å². The summed E-state index contributed by atoms with van der Waals surface area (Å²) in [5.74, 6) is -1.21. The third-order valence-corrected chi connectivity index (χ3v) is 4.88. The third-order valence-electron chi connectivity index (χ3n) is 4.88. The number of halogens is 1. The normalized spacial score (nSPS) is 16.7. The van der Waals surface area contributed by atoms with Gasteiger partial charge in [-0.2, -0.15) is 0 Å². The molecule has 1 aliphatic heterocycles. The van der Waals surface area contributed by atoms with Gasteiger partial charge in [0.1, 0.15) is 23.4 Å². The summed E-state index contributed by atoms with van der Waals surface area (Å²) in [6.07, 6.45) is 1.76. The molecule has 3 aromatic rings. The first-order valence-electron chi connectivity index (χ1n) is 9.09. The molecule has 1 amide bonds. The smallest absolute Gasteiger partial charge is 0.290 e. The molecule has 0 saturated carbocycles. The Hall–Kier alpha value is -3.61. The average molecular weight is 395 g/mol. The fourth-order valence-electron chi connectivity index (χ4n) is 3.45. The molecular weight excluding hydrogens is 377 g/mol. The van der Waals surface area contributed by atoms with Crippen molar-refractivity contribution >= 4 is 11.7 Å². The zero-order valence-electron chi connectivity index (χ0n) is 15.6. The molecule has 1 atom stereocenters. The van der Waals surface area contributed by atoms with E-state index >= 15 is 0 Å². The molecule has 0 aliphatic carbocycles. The quantitative estimate of drug-likeness (QED) is 0.634. The van der Waals surface area contributed by atoms with E-state index in [-0.39, 0.29) is 23.7 Å². The average Bonchev–Trinajstić information content (AvgIpc) is 3.43. The van der Waals surface area contributed by atoms with E-state index in [1.54, 1.807) is 37.3 Å². The van der Waals surface area contributed by atoms with Crippen LogP contribution in [0, 0.1) is 12.7 Å². The molecule has 4 rings (SSSR count). The number of amides is 1. The topological polar surface area (TPSA) is 83.9 Å². The number of hydrogen-bond acceptors (Lipinski definition) is 5. The molecule has 0 fully saturated rings. The Morgan fingerprint density at radius 3 is 2.55 bits per heavy atom. The van der Waals surface area contributed by atoms with Crippen LogP contribution in [0.3, 0.4) is 0 Å². The highest BCUT2D eigenvalue weighted by atomic mass is 19.1. The number of carbonyl (C=O) groups excluding carboxylic acids is 2. The van der Waals surface area contributed by atoms with Crippen LogP contribution in [0.15, 0.2) is 75.0 Å². The van der Waals surface area contributed by atoms with Crippen LogP contribution in [0.25, 0.3) is 0 Å². The van der Waals surface area contributed by atoms with Crippen molar-refractivity contribution in [2.45, 2.75) is 19.4 Å². The second-order valence-corrected chi connectivity index (χ2v) is 6.79. The molecule has 1 aromatic carbocycles. The van der Waals surface area contributed by atoms with Gasteiger partial charge >= 0.3 is 0 Å². The number of benzene rings is 1. The zero-order chi connectivity index (χ0) is 20.5. The van der Waals surface area contributed by atoms with Gasteiger partial charge in [-0.3, -0.25) is 9.59 Å². The molecule has 0 bridgehead atoms. The van der Waals surface area contributed by atoms with Gasteiger partial charge in [0.05, 0.1) is 11.8 Å². The summed E-state index contributed by atoms with van der Waals surface area (Å²) in [5, 5.41) is 10.5. The molecule has 1 aliphatic rings. The largest absolute Gasteiger partial charge is 0.503 e. The standard InChI is InChI=1S/C22H18FNO5/c1-13-4-9-16(29-13)19-18(20(25)17-3-2-12-28-17)21(26)22(27)24(19)11-10-14-5-7-15(23)8-6-14/h2-9,12,19,26H,10-11H2,1H3. The lowest BCUT2D eigenvalue weighted by atomic mass is 9.99. The molecule has 0 saturated heterocycles. The van der Waals surface area contributed by atoms with Crippen LogP contribution < -0.4 is 0 Å². The van der Waals surface area contributed by atoms with E-state index in [4.69, 9.17) is 8.83 Å². The Bertz CT molecular complexity index is 1080. The molecule has 148 valence electrons. The summed E-state index contributed by atoms with van der Waals surface area (Å²) in [6.45, 7) is 1.95. The monoisotopic (exact) mass is 395 g/mol. The minimum absolute atomic E-state index is 0.0213. The molecule has 2 aromatic heterocycles. The molecular formula is C22H18FNO5. The van der Waals surface area contributed by atoms with Crippen molar-refractivity contribution in [3.8, 4) is 0 Å². The first-order valence-corrected chi connectivity index (χ1v) is 9.09. The molecule has 29 heavy (non-hydrogen) atoms. The minimum Gasteiger partial charge on any atom is -0.503 e. The van der Waals surface area contributed by atoms with Gasteiger partial charge < -0.3 is 18.8 Å². The lowest BCUT2D eigenvalue weighted by molar-refractivity contribution is -0.129. The second-order valence-electron chi connectivity index (χ2n) is 6.79. The highest BCUT2D eigenvalue weighted by Crippen LogP contribution is 2.39. The number of nitrogens with zero attached hydrogens (tertiary/aromatic N) is 1. The van der Waals surface area contributed by atoms with Gasteiger partial charge in [-0.15, -0.1) is 0 Å². The van der Waals surface area contributed by atoms with Gasteiger partial charge in [0.15, 0.2) is 11.5 Å². The number of furan rings is 2. The molecule has 0 spiro atoms. The summed E-state index contributed by atoms with van der Waals surface area (Å²) in [6, 6.07) is 11.5. The second kappa shape index (κ2) is 7.43. The van der Waals surface area contributed by atoms with Gasteiger partial charge in [0.25, 0.3) is 5.91 Å². The third kappa shape index (κ3) is 3.47. The van der Waals surface area contributed by atoms with Gasteiger partial charge in [0, 0.05) is 6.54 Å². The number of aliphatic hydroxyl groups excluding tert-OH is 1. The number of Topliss-reactive ketones (excluding diaryl/α,β-unsaturated/α-hetero) is 1. The predicted octanol–water partition coefficient (Wildman–Crippen LogP) is 4.14. The van der Waals surface area contributed by atoms with E-state index in [1.165, 1.54) is 29.4 Å². The van der Waals surface area contributed by atoms with Crippen molar-refractivity contribution in [3.63, 3.8) is 0 Å². The van der Waals surface area contributed by atoms with E-state index in [1.807, 2.05) is 0 Å². The van der Waals surface area contributed by atoms with Gasteiger partial charge in [-0.1, -0.05) is 12.1 Å². The van der Waals surface area contributed by atoms with Crippen LogP contribution >= 0.6 is 0 Å². The lowest BCUT2D eigenvalue weighted by Gasteiger charge is -2.24. The maximum Gasteiger partial charge on any atom is 0.290 e. The summed E-state index contributed by atoms with van der Waals surface area (Å²) in [4.78, 5) is 27.1. The van der Waals surface area contributed by atoms with Crippen molar-refractivity contribution in [2.75, 3.05) is 6.54 Å². The predicted molar refractivity (Wildman–Crippen MR) is 101 cm³/mol. The Labute approximate surface area is 165 Å². The first-order chi connectivity index (χ1) is 14.0. The maximum absolute atomic E-state index is 13.1. The number of ketones is 1. The minimum atomic E-state index is -0.880. The zero-order valence-corrected chi connectivity index (χ0v) is 15.6. The Morgan fingerprint density at radius 1 is 1.17 bits per heavy atom. The van der Waals surface area contributed by atoms with Crippen LogP contribution in [0.5, 0.6) is 0 Å². The highest BCUT2D eigenvalue weighted by Gasteiger charge is 2.45. The SMILES string of the molecule is Cc1ccc(C2C(C(=O)c3ccco3)=C(O)C(=O)N2CCc2ccc(F)cc2)o1. The Balaban J connectivity index is 1.68. The van der Waals surface area contributed by atoms with E-state index in [0.29, 0.717) is 17.9 Å². The summed E-state index contributed by atoms with van der Waals surface area (Å²) in [5.41, 5.74) is 0.734. The first kappa shape index (κ1) is 18.7. The number of aliphatic hydroxyl groups is 1.